The van der Waals surface area contributed by atoms with Crippen molar-refractivity contribution in [2.45, 2.75) is 25.8 Å². The van der Waals surface area contributed by atoms with E-state index in [0.29, 0.717) is 30.2 Å². The maximum Gasteiger partial charge on any atom is 0.303 e. The molecule has 100 valence electrons. The fourth-order valence-corrected chi connectivity index (χ4v) is 1.99. The highest BCUT2D eigenvalue weighted by Crippen LogP contribution is 2.11. The fourth-order valence-electron chi connectivity index (χ4n) is 1.99. The lowest BCUT2D eigenvalue weighted by atomic mass is 10.1. The number of halogens is 1. The SMILES string of the molecule is O=C(O)CCCCn1ccc2cc(F)ccc2c1=O. The summed E-state index contributed by atoms with van der Waals surface area (Å²) in [5, 5.41) is 9.58. The van der Waals surface area contributed by atoms with Crippen molar-refractivity contribution in [3.8, 4) is 0 Å². The molecule has 4 nitrogen and oxygen atoms in total. The van der Waals surface area contributed by atoms with Gasteiger partial charge in [-0.25, -0.2) is 4.39 Å². The Hall–Kier alpha value is -2.17. The van der Waals surface area contributed by atoms with Crippen LogP contribution < -0.4 is 5.56 Å². The van der Waals surface area contributed by atoms with Crippen molar-refractivity contribution in [1.82, 2.24) is 4.57 Å². The first kappa shape index (κ1) is 13.3. The molecule has 0 fully saturated rings. The zero-order valence-electron chi connectivity index (χ0n) is 10.3. The summed E-state index contributed by atoms with van der Waals surface area (Å²) in [5.41, 5.74) is -0.173. The van der Waals surface area contributed by atoms with Gasteiger partial charge in [0.2, 0.25) is 0 Å². The summed E-state index contributed by atoms with van der Waals surface area (Å²) >= 11 is 0. The van der Waals surface area contributed by atoms with Gasteiger partial charge in [-0.05, 0) is 42.5 Å². The van der Waals surface area contributed by atoms with Crippen LogP contribution in [0.5, 0.6) is 0 Å². The average molecular weight is 263 g/mol. The highest BCUT2D eigenvalue weighted by atomic mass is 19.1. The Morgan fingerprint density at radius 1 is 1.26 bits per heavy atom. The Bertz CT molecular complexity index is 663. The number of rotatable bonds is 5. The first-order valence-electron chi connectivity index (χ1n) is 6.08. The van der Waals surface area contributed by atoms with E-state index in [0.717, 1.165) is 0 Å². The second-order valence-electron chi connectivity index (χ2n) is 4.40. The minimum absolute atomic E-state index is 0.105. The minimum Gasteiger partial charge on any atom is -0.481 e. The van der Waals surface area contributed by atoms with Crippen molar-refractivity contribution in [2.24, 2.45) is 0 Å². The van der Waals surface area contributed by atoms with Gasteiger partial charge in [-0.15, -0.1) is 0 Å². The van der Waals surface area contributed by atoms with Gasteiger partial charge in [0.25, 0.3) is 5.56 Å². The standard InChI is InChI=1S/C14H14FNO3/c15-11-4-5-12-10(9-11)6-8-16(14(12)19)7-2-1-3-13(17)18/h4-6,8-9H,1-3,7H2,(H,17,18). The summed E-state index contributed by atoms with van der Waals surface area (Å²) in [4.78, 5) is 22.5. The van der Waals surface area contributed by atoms with Crippen LogP contribution in [0.25, 0.3) is 10.8 Å². The number of aliphatic carboxylic acids is 1. The Balaban J connectivity index is 2.16. The highest BCUT2D eigenvalue weighted by molar-refractivity contribution is 5.81. The van der Waals surface area contributed by atoms with Gasteiger partial charge in [0.15, 0.2) is 0 Å². The number of aromatic nitrogens is 1. The molecule has 0 atom stereocenters. The molecule has 5 heteroatoms. The van der Waals surface area contributed by atoms with Crippen LogP contribution in [0.1, 0.15) is 19.3 Å². The van der Waals surface area contributed by atoms with Crippen LogP contribution in [0.2, 0.25) is 0 Å². The number of aryl methyl sites for hydroxylation is 1. The van der Waals surface area contributed by atoms with E-state index in [-0.39, 0.29) is 17.8 Å². The van der Waals surface area contributed by atoms with Crippen LogP contribution in [0.15, 0.2) is 35.3 Å². The van der Waals surface area contributed by atoms with Crippen LogP contribution >= 0.6 is 0 Å². The molecular formula is C14H14FNO3. The Morgan fingerprint density at radius 2 is 2.05 bits per heavy atom. The number of benzene rings is 1. The van der Waals surface area contributed by atoms with Crippen molar-refractivity contribution < 1.29 is 14.3 Å². The largest absolute Gasteiger partial charge is 0.481 e. The lowest BCUT2D eigenvalue weighted by molar-refractivity contribution is -0.137. The Morgan fingerprint density at radius 3 is 2.79 bits per heavy atom. The number of hydrogen-bond acceptors (Lipinski definition) is 2. The Labute approximate surface area is 109 Å². The molecule has 0 aliphatic heterocycles. The van der Waals surface area contributed by atoms with E-state index in [1.807, 2.05) is 0 Å². The monoisotopic (exact) mass is 263 g/mol. The quantitative estimate of drug-likeness (QED) is 0.843. The van der Waals surface area contributed by atoms with Gasteiger partial charge in [0.1, 0.15) is 5.82 Å². The molecule has 1 heterocycles. The average Bonchev–Trinajstić information content (AvgIpc) is 2.36. The van der Waals surface area contributed by atoms with E-state index in [9.17, 15) is 14.0 Å². The predicted molar refractivity (Wildman–Crippen MR) is 69.7 cm³/mol. The first-order chi connectivity index (χ1) is 9.08. The summed E-state index contributed by atoms with van der Waals surface area (Å²) in [5.74, 6) is -1.20. The van der Waals surface area contributed by atoms with E-state index >= 15 is 0 Å². The van der Waals surface area contributed by atoms with Crippen LogP contribution in [-0.4, -0.2) is 15.6 Å². The van der Waals surface area contributed by atoms with Crippen LogP contribution in [0.4, 0.5) is 4.39 Å². The zero-order chi connectivity index (χ0) is 13.8. The number of pyridine rings is 1. The van der Waals surface area contributed by atoms with Crippen molar-refractivity contribution in [1.29, 1.82) is 0 Å². The number of fused-ring (bicyclic) bond motifs is 1. The van der Waals surface area contributed by atoms with Gasteiger partial charge >= 0.3 is 5.97 Å². The molecular weight excluding hydrogens is 249 g/mol. The molecule has 0 aliphatic carbocycles. The number of carbonyl (C=O) groups is 1. The van der Waals surface area contributed by atoms with Gasteiger partial charge < -0.3 is 9.67 Å². The molecule has 0 radical (unpaired) electrons. The summed E-state index contributed by atoms with van der Waals surface area (Å²) in [6, 6.07) is 5.75. The fraction of sp³-hybridized carbons (Fsp3) is 0.286. The first-order valence-corrected chi connectivity index (χ1v) is 6.08. The van der Waals surface area contributed by atoms with Gasteiger partial charge in [-0.3, -0.25) is 9.59 Å². The van der Waals surface area contributed by atoms with Gasteiger partial charge in [0.05, 0.1) is 0 Å². The zero-order valence-corrected chi connectivity index (χ0v) is 10.3. The van der Waals surface area contributed by atoms with Gasteiger partial charge in [-0.2, -0.15) is 0 Å². The molecule has 0 bridgehead atoms. The van der Waals surface area contributed by atoms with E-state index in [2.05, 4.69) is 0 Å². The molecule has 1 N–H and O–H groups in total. The van der Waals surface area contributed by atoms with Gasteiger partial charge in [-0.1, -0.05) is 0 Å². The molecule has 0 spiro atoms. The molecule has 0 saturated heterocycles. The molecule has 0 saturated carbocycles. The topological polar surface area (TPSA) is 59.3 Å². The third-order valence-corrected chi connectivity index (χ3v) is 2.98. The van der Waals surface area contributed by atoms with Crippen molar-refractivity contribution in [3.05, 3.63) is 46.6 Å². The molecule has 2 rings (SSSR count). The number of carboxylic acids is 1. The number of hydrogen-bond donors (Lipinski definition) is 1. The third-order valence-electron chi connectivity index (χ3n) is 2.98. The van der Waals surface area contributed by atoms with Crippen molar-refractivity contribution >= 4 is 16.7 Å². The molecule has 0 aliphatic rings. The summed E-state index contributed by atoms with van der Waals surface area (Å²) in [6.07, 6.45) is 2.88. The van der Waals surface area contributed by atoms with Crippen LogP contribution in [-0.2, 0) is 11.3 Å². The maximum atomic E-state index is 13.0. The van der Waals surface area contributed by atoms with Crippen molar-refractivity contribution in [3.63, 3.8) is 0 Å². The smallest absolute Gasteiger partial charge is 0.303 e. The summed E-state index contributed by atoms with van der Waals surface area (Å²) in [7, 11) is 0. The second-order valence-corrected chi connectivity index (χ2v) is 4.40. The maximum absolute atomic E-state index is 13.0. The highest BCUT2D eigenvalue weighted by Gasteiger charge is 2.04. The molecule has 0 unspecified atom stereocenters. The number of unbranched alkanes of at least 4 members (excludes halogenated alkanes) is 1. The summed E-state index contributed by atoms with van der Waals surface area (Å²) in [6.45, 7) is 0.472. The second kappa shape index (κ2) is 5.65. The lowest BCUT2D eigenvalue weighted by Gasteiger charge is -2.06. The number of nitrogens with zero attached hydrogens (tertiary/aromatic N) is 1. The molecule has 0 amide bonds. The van der Waals surface area contributed by atoms with Crippen LogP contribution in [0.3, 0.4) is 0 Å². The molecule has 2 aromatic rings. The number of carboxylic acid groups (broad SMARTS) is 1. The minimum atomic E-state index is -0.832. The van der Waals surface area contributed by atoms with E-state index in [1.54, 1.807) is 12.3 Å². The van der Waals surface area contributed by atoms with E-state index in [4.69, 9.17) is 5.11 Å². The molecule has 19 heavy (non-hydrogen) atoms. The molecule has 1 aromatic carbocycles. The lowest BCUT2D eigenvalue weighted by Crippen LogP contribution is -2.19. The summed E-state index contributed by atoms with van der Waals surface area (Å²) < 4.78 is 14.6. The van der Waals surface area contributed by atoms with E-state index < -0.39 is 5.97 Å². The van der Waals surface area contributed by atoms with Gasteiger partial charge in [0, 0.05) is 24.5 Å². The normalized spacial score (nSPS) is 10.8. The third kappa shape index (κ3) is 3.19. The van der Waals surface area contributed by atoms with Crippen LogP contribution in [0, 0.1) is 5.82 Å². The molecule has 1 aromatic heterocycles. The van der Waals surface area contributed by atoms with Crippen molar-refractivity contribution in [2.75, 3.05) is 0 Å². The Kier molecular flexibility index (Phi) is 3.94. The van der Waals surface area contributed by atoms with E-state index in [1.165, 1.54) is 22.8 Å². The predicted octanol–water partition coefficient (Wildman–Crippen LogP) is 2.40.